The van der Waals surface area contributed by atoms with Crippen molar-refractivity contribution in [3.05, 3.63) is 0 Å². The molecule has 0 radical (unpaired) electrons. The van der Waals surface area contributed by atoms with E-state index in [9.17, 15) is 4.79 Å². The van der Waals surface area contributed by atoms with Gasteiger partial charge in [0.2, 0.25) is 5.91 Å². The van der Waals surface area contributed by atoms with Crippen LogP contribution in [0.5, 0.6) is 0 Å². The number of fused-ring (bicyclic) bond motifs is 1. The van der Waals surface area contributed by atoms with Crippen molar-refractivity contribution in [2.45, 2.75) is 56.9 Å². The van der Waals surface area contributed by atoms with Gasteiger partial charge in [-0.05, 0) is 38.8 Å². The standard InChI is InChI=1S/C17H28N4OS/c22-15-11-23-16-18-13-19(14-21(15)16)12-17(7-3-1-4-8-17)20-9-5-2-6-10-20/h1-14H2. The Kier molecular flexibility index (Phi) is 4.65. The highest BCUT2D eigenvalue weighted by Crippen LogP contribution is 2.37. The lowest BCUT2D eigenvalue weighted by Gasteiger charge is -2.50. The second-order valence-corrected chi connectivity index (χ2v) is 8.44. The Morgan fingerprint density at radius 2 is 1.78 bits per heavy atom. The molecule has 1 saturated carbocycles. The lowest BCUT2D eigenvalue weighted by atomic mass is 9.79. The van der Waals surface area contributed by atoms with Gasteiger partial charge in [0.1, 0.15) is 0 Å². The number of nitrogens with zero attached hydrogens (tertiary/aromatic N) is 4. The monoisotopic (exact) mass is 336 g/mol. The number of hydrogen-bond acceptors (Lipinski definition) is 5. The van der Waals surface area contributed by atoms with Crippen LogP contribution in [0.25, 0.3) is 0 Å². The van der Waals surface area contributed by atoms with Crippen LogP contribution in [-0.2, 0) is 4.79 Å². The highest BCUT2D eigenvalue weighted by atomic mass is 32.2. The van der Waals surface area contributed by atoms with Gasteiger partial charge in [-0.15, -0.1) is 0 Å². The topological polar surface area (TPSA) is 39.2 Å². The Hall–Kier alpha value is -0.590. The molecule has 1 aliphatic carbocycles. The van der Waals surface area contributed by atoms with Crippen LogP contribution in [-0.4, -0.2) is 70.0 Å². The van der Waals surface area contributed by atoms with E-state index in [1.165, 1.54) is 64.5 Å². The van der Waals surface area contributed by atoms with E-state index in [1.807, 2.05) is 4.90 Å². The number of thioether (sulfide) groups is 1. The van der Waals surface area contributed by atoms with Crippen LogP contribution in [0.3, 0.4) is 0 Å². The first-order valence-electron chi connectivity index (χ1n) is 9.22. The normalized spacial score (nSPS) is 29.5. The summed E-state index contributed by atoms with van der Waals surface area (Å²) in [6.45, 7) is 5.13. The first kappa shape index (κ1) is 15.9. The molecule has 3 aliphatic heterocycles. The summed E-state index contributed by atoms with van der Waals surface area (Å²) >= 11 is 1.60. The molecular formula is C17H28N4OS. The SMILES string of the molecule is O=C1CSC2=NCN(CC3(N4CCCCC4)CCCCC3)CN12. The molecule has 0 aromatic heterocycles. The number of rotatable bonds is 3. The van der Waals surface area contributed by atoms with E-state index in [2.05, 4.69) is 14.8 Å². The van der Waals surface area contributed by atoms with Crippen LogP contribution in [0.15, 0.2) is 4.99 Å². The maximum atomic E-state index is 12.0. The fourth-order valence-corrected chi connectivity index (χ4v) is 5.61. The summed E-state index contributed by atoms with van der Waals surface area (Å²) in [7, 11) is 0. The highest BCUT2D eigenvalue weighted by Gasteiger charge is 2.41. The van der Waals surface area contributed by atoms with Crippen LogP contribution in [0, 0.1) is 0 Å². The minimum atomic E-state index is 0.231. The zero-order valence-electron chi connectivity index (χ0n) is 14.0. The summed E-state index contributed by atoms with van der Waals surface area (Å²) < 4.78 is 0. The maximum absolute atomic E-state index is 12.0. The van der Waals surface area contributed by atoms with Crippen LogP contribution in [0.1, 0.15) is 51.4 Å². The Morgan fingerprint density at radius 3 is 2.57 bits per heavy atom. The number of likely N-dealkylation sites (tertiary alicyclic amines) is 1. The zero-order chi connectivity index (χ0) is 15.7. The second kappa shape index (κ2) is 6.73. The molecule has 0 unspecified atom stereocenters. The maximum Gasteiger partial charge on any atom is 0.240 e. The molecule has 0 N–H and O–H groups in total. The summed E-state index contributed by atoms with van der Waals surface area (Å²) in [4.78, 5) is 23.8. The van der Waals surface area contributed by atoms with Gasteiger partial charge in [0.05, 0.1) is 19.1 Å². The van der Waals surface area contributed by atoms with Crippen molar-refractivity contribution in [2.75, 3.05) is 38.7 Å². The predicted octanol–water partition coefficient (Wildman–Crippen LogP) is 2.34. The van der Waals surface area contributed by atoms with Crippen molar-refractivity contribution >= 4 is 22.8 Å². The molecule has 0 bridgehead atoms. The molecule has 128 valence electrons. The largest absolute Gasteiger partial charge is 0.296 e. The molecule has 0 atom stereocenters. The average molecular weight is 337 g/mol. The number of carbonyl (C=O) groups is 1. The third kappa shape index (κ3) is 3.17. The Balaban J connectivity index is 1.48. The van der Waals surface area contributed by atoms with Gasteiger partial charge in [-0.3, -0.25) is 19.5 Å². The summed E-state index contributed by atoms with van der Waals surface area (Å²) in [5, 5.41) is 0.946. The summed E-state index contributed by atoms with van der Waals surface area (Å²) in [5.41, 5.74) is 0.335. The van der Waals surface area contributed by atoms with Crippen LogP contribution in [0.2, 0.25) is 0 Å². The van der Waals surface area contributed by atoms with Crippen LogP contribution in [0.4, 0.5) is 0 Å². The minimum absolute atomic E-state index is 0.231. The molecule has 0 spiro atoms. The van der Waals surface area contributed by atoms with Crippen LogP contribution < -0.4 is 0 Å². The van der Waals surface area contributed by atoms with E-state index in [-0.39, 0.29) is 5.91 Å². The van der Waals surface area contributed by atoms with Gasteiger partial charge in [0.15, 0.2) is 5.17 Å². The molecule has 4 rings (SSSR count). The van der Waals surface area contributed by atoms with Crippen molar-refractivity contribution in [1.82, 2.24) is 14.7 Å². The number of amidine groups is 1. The third-order valence-electron chi connectivity index (χ3n) is 5.93. The molecule has 3 heterocycles. The van der Waals surface area contributed by atoms with E-state index in [1.54, 1.807) is 11.8 Å². The van der Waals surface area contributed by atoms with E-state index >= 15 is 0 Å². The summed E-state index contributed by atoms with van der Waals surface area (Å²) in [5.74, 6) is 0.804. The molecule has 0 aromatic rings. The van der Waals surface area contributed by atoms with Gasteiger partial charge >= 0.3 is 0 Å². The molecule has 2 saturated heterocycles. The van der Waals surface area contributed by atoms with Gasteiger partial charge in [0.25, 0.3) is 0 Å². The summed E-state index contributed by atoms with van der Waals surface area (Å²) in [6.07, 6.45) is 10.8. The Labute approximate surface area is 143 Å². The van der Waals surface area contributed by atoms with Crippen molar-refractivity contribution in [3.8, 4) is 0 Å². The number of aliphatic imine (C=N–C) groups is 1. The highest BCUT2D eigenvalue weighted by molar-refractivity contribution is 8.15. The van der Waals surface area contributed by atoms with Gasteiger partial charge < -0.3 is 0 Å². The zero-order valence-corrected chi connectivity index (χ0v) is 14.8. The smallest absolute Gasteiger partial charge is 0.240 e. The van der Waals surface area contributed by atoms with Crippen LogP contribution >= 0.6 is 11.8 Å². The first-order chi connectivity index (χ1) is 11.3. The third-order valence-corrected chi connectivity index (χ3v) is 6.93. The van der Waals surface area contributed by atoms with Crippen molar-refractivity contribution < 1.29 is 4.79 Å². The number of piperidine rings is 1. The number of carbonyl (C=O) groups excluding carboxylic acids is 1. The summed E-state index contributed by atoms with van der Waals surface area (Å²) in [6, 6.07) is 0. The van der Waals surface area contributed by atoms with Gasteiger partial charge in [-0.1, -0.05) is 37.4 Å². The van der Waals surface area contributed by atoms with Crippen molar-refractivity contribution in [1.29, 1.82) is 0 Å². The van der Waals surface area contributed by atoms with Gasteiger partial charge in [0, 0.05) is 12.1 Å². The molecule has 4 aliphatic rings. The molecule has 0 aromatic carbocycles. The lowest BCUT2D eigenvalue weighted by molar-refractivity contribution is -0.126. The number of hydrogen-bond donors (Lipinski definition) is 0. The van der Waals surface area contributed by atoms with Crippen molar-refractivity contribution in [3.63, 3.8) is 0 Å². The molecule has 6 heteroatoms. The minimum Gasteiger partial charge on any atom is -0.296 e. The second-order valence-electron chi connectivity index (χ2n) is 7.50. The van der Waals surface area contributed by atoms with E-state index in [0.29, 0.717) is 11.3 Å². The number of amides is 1. The van der Waals surface area contributed by atoms with E-state index in [4.69, 9.17) is 0 Å². The van der Waals surface area contributed by atoms with Gasteiger partial charge in [-0.25, -0.2) is 4.99 Å². The molecule has 1 amide bonds. The predicted molar refractivity (Wildman–Crippen MR) is 94.4 cm³/mol. The van der Waals surface area contributed by atoms with Gasteiger partial charge in [-0.2, -0.15) is 0 Å². The Morgan fingerprint density at radius 1 is 1.04 bits per heavy atom. The molecule has 23 heavy (non-hydrogen) atoms. The molecular weight excluding hydrogens is 308 g/mol. The fraction of sp³-hybridized carbons (Fsp3) is 0.882. The quantitative estimate of drug-likeness (QED) is 0.793. The molecule has 3 fully saturated rings. The molecule has 5 nitrogen and oxygen atoms in total. The average Bonchev–Trinajstić information content (AvgIpc) is 2.97. The van der Waals surface area contributed by atoms with E-state index < -0.39 is 0 Å². The van der Waals surface area contributed by atoms with E-state index in [0.717, 1.165) is 25.0 Å². The first-order valence-corrected chi connectivity index (χ1v) is 10.2. The van der Waals surface area contributed by atoms with Crippen molar-refractivity contribution in [2.24, 2.45) is 4.99 Å². The lowest BCUT2D eigenvalue weighted by Crippen LogP contribution is -2.60. The fourth-order valence-electron chi connectivity index (χ4n) is 4.73. The Bertz CT molecular complexity index is 483.